The summed E-state index contributed by atoms with van der Waals surface area (Å²) in [7, 11) is 0. The van der Waals surface area contributed by atoms with E-state index in [0.29, 0.717) is 0 Å². The number of aryl methyl sites for hydroxylation is 1. The lowest BCUT2D eigenvalue weighted by Gasteiger charge is -2.29. The molecule has 4 heteroatoms. The normalized spacial score (nSPS) is 15.0. The molecule has 6 rings (SSSR count). The number of hydrogen-bond donors (Lipinski definition) is 0. The number of benzene rings is 2. The quantitative estimate of drug-likeness (QED) is 0.200. The van der Waals surface area contributed by atoms with Crippen molar-refractivity contribution < 1.29 is 13.4 Å². The molecule has 0 aliphatic carbocycles. The molecule has 2 aromatic carbocycles. The first-order chi connectivity index (χ1) is 17.3. The van der Waals surface area contributed by atoms with Gasteiger partial charge in [-0.05, 0) is 50.3 Å². The van der Waals surface area contributed by atoms with Crippen molar-refractivity contribution in [2.24, 2.45) is 0 Å². The second-order valence-corrected chi connectivity index (χ2v) is 8.60. The number of furan rings is 2. The predicted molar refractivity (Wildman–Crippen MR) is 144 cm³/mol. The van der Waals surface area contributed by atoms with E-state index in [2.05, 4.69) is 102 Å². The van der Waals surface area contributed by atoms with Crippen molar-refractivity contribution in [2.45, 2.75) is 20.4 Å². The van der Waals surface area contributed by atoms with Gasteiger partial charge in [0.1, 0.15) is 6.54 Å². The first-order valence-corrected chi connectivity index (χ1v) is 12.1. The number of rotatable bonds is 5. The molecule has 4 heterocycles. The zero-order chi connectivity index (χ0) is 23.8. The predicted octanol–water partition coefficient (Wildman–Crippen LogP) is 7.65. The number of allylic oxidation sites excluding steroid dienone is 5. The van der Waals surface area contributed by atoms with Crippen LogP contribution in [-0.4, -0.2) is 6.54 Å². The van der Waals surface area contributed by atoms with E-state index in [4.69, 9.17) is 8.83 Å². The maximum absolute atomic E-state index is 5.82. The van der Waals surface area contributed by atoms with E-state index in [1.807, 2.05) is 12.1 Å². The molecule has 1 aliphatic heterocycles. The third-order valence-electron chi connectivity index (χ3n) is 6.67. The molecule has 0 bridgehead atoms. The molecule has 0 unspecified atom stereocenters. The molecule has 5 aromatic rings. The molecule has 0 fully saturated rings. The van der Waals surface area contributed by atoms with Gasteiger partial charge in [-0.1, -0.05) is 42.5 Å². The number of aromatic nitrogens is 1. The van der Waals surface area contributed by atoms with Gasteiger partial charge in [0.25, 0.3) is 5.52 Å². The van der Waals surface area contributed by atoms with Crippen LogP contribution in [0.4, 0.5) is 5.69 Å². The van der Waals surface area contributed by atoms with Crippen LogP contribution >= 0.6 is 0 Å². The van der Waals surface area contributed by atoms with Crippen molar-refractivity contribution in [3.8, 4) is 0 Å². The molecular weight excluding hydrogens is 432 g/mol. The molecule has 0 spiro atoms. The van der Waals surface area contributed by atoms with Crippen LogP contribution in [0.1, 0.15) is 25.1 Å². The van der Waals surface area contributed by atoms with Crippen LogP contribution in [0.2, 0.25) is 0 Å². The first-order valence-electron chi connectivity index (χ1n) is 12.1. The van der Waals surface area contributed by atoms with Crippen LogP contribution in [0.5, 0.6) is 0 Å². The lowest BCUT2D eigenvalue weighted by Crippen LogP contribution is -2.36. The Hall–Kier alpha value is -4.31. The topological polar surface area (TPSA) is 33.4 Å². The standard InChI is InChI=1S/C31H27N2O2/c1-3-32-26(16-14-22-10-12-24-18-20-34-30(24)28(22)32)8-6-5-7-9-27-17-15-23-11-13-25-19-21-35-31(25)29(23)33(27)4-2/h5-21H,3-4H2,1-2H3/q+1. The summed E-state index contributed by atoms with van der Waals surface area (Å²) in [5.74, 6) is 0. The number of hydrogen-bond acceptors (Lipinski definition) is 3. The van der Waals surface area contributed by atoms with E-state index in [9.17, 15) is 0 Å². The van der Waals surface area contributed by atoms with Crippen LogP contribution in [0, 0.1) is 0 Å². The van der Waals surface area contributed by atoms with E-state index in [0.717, 1.165) is 57.6 Å². The van der Waals surface area contributed by atoms with Crippen molar-refractivity contribution in [3.63, 3.8) is 0 Å². The highest BCUT2D eigenvalue weighted by atomic mass is 16.3. The summed E-state index contributed by atoms with van der Waals surface area (Å²) in [6.07, 6.45) is 18.4. The molecule has 35 heavy (non-hydrogen) atoms. The van der Waals surface area contributed by atoms with E-state index < -0.39 is 0 Å². The minimum Gasteiger partial charge on any atom is -0.462 e. The van der Waals surface area contributed by atoms with Gasteiger partial charge in [0.05, 0.1) is 23.6 Å². The van der Waals surface area contributed by atoms with Gasteiger partial charge >= 0.3 is 0 Å². The Morgan fingerprint density at radius 1 is 0.771 bits per heavy atom. The van der Waals surface area contributed by atoms with Crippen LogP contribution in [0.3, 0.4) is 0 Å². The molecule has 0 atom stereocenters. The molecule has 0 saturated carbocycles. The summed E-state index contributed by atoms with van der Waals surface area (Å²) in [6, 6.07) is 16.9. The summed E-state index contributed by atoms with van der Waals surface area (Å²) < 4.78 is 13.9. The van der Waals surface area contributed by atoms with E-state index >= 15 is 0 Å². The van der Waals surface area contributed by atoms with E-state index in [-0.39, 0.29) is 0 Å². The van der Waals surface area contributed by atoms with Crippen molar-refractivity contribution in [1.29, 1.82) is 0 Å². The van der Waals surface area contributed by atoms with Gasteiger partial charge in [0.2, 0.25) is 11.3 Å². The third kappa shape index (κ3) is 3.58. The molecule has 0 saturated heterocycles. The number of pyridine rings is 1. The van der Waals surface area contributed by atoms with Gasteiger partial charge in [0.15, 0.2) is 5.58 Å². The van der Waals surface area contributed by atoms with Crippen LogP contribution in [0.15, 0.2) is 106 Å². The van der Waals surface area contributed by atoms with E-state index in [1.165, 1.54) is 10.9 Å². The lowest BCUT2D eigenvalue weighted by atomic mass is 10.0. The highest BCUT2D eigenvalue weighted by molar-refractivity contribution is 6.00. The van der Waals surface area contributed by atoms with Gasteiger partial charge in [-0.3, -0.25) is 0 Å². The summed E-state index contributed by atoms with van der Waals surface area (Å²) in [6.45, 7) is 6.06. The Kier molecular flexibility index (Phi) is 5.34. The molecule has 0 radical (unpaired) electrons. The van der Waals surface area contributed by atoms with Crippen LogP contribution in [-0.2, 0) is 6.54 Å². The molecule has 4 nitrogen and oxygen atoms in total. The minimum atomic E-state index is 0.863. The minimum absolute atomic E-state index is 0.863. The molecule has 172 valence electrons. The average molecular weight is 460 g/mol. The fourth-order valence-electron chi connectivity index (χ4n) is 5.02. The number of likely N-dealkylation sites (N-methyl/N-ethyl adjacent to an activating group) is 1. The Balaban J connectivity index is 1.30. The monoisotopic (exact) mass is 459 g/mol. The third-order valence-corrected chi connectivity index (χ3v) is 6.67. The van der Waals surface area contributed by atoms with Crippen molar-refractivity contribution >= 4 is 50.7 Å². The largest absolute Gasteiger partial charge is 0.462 e. The smallest absolute Gasteiger partial charge is 0.256 e. The fraction of sp³-hybridized carbons (Fsp3) is 0.129. The molecule has 3 aromatic heterocycles. The molecular formula is C31H27N2O2+. The zero-order valence-corrected chi connectivity index (χ0v) is 19.9. The molecule has 0 N–H and O–H groups in total. The second-order valence-electron chi connectivity index (χ2n) is 8.60. The maximum Gasteiger partial charge on any atom is 0.256 e. The van der Waals surface area contributed by atoms with Gasteiger partial charge < -0.3 is 13.7 Å². The number of anilines is 1. The maximum atomic E-state index is 5.82. The SMILES string of the molecule is CCN1C(=CC=CC=Cc2ccc3ccc4ccoc4c3[n+]2CC)C=Cc2ccc3ccoc3c21. The van der Waals surface area contributed by atoms with Gasteiger partial charge in [-0.25, -0.2) is 0 Å². The summed E-state index contributed by atoms with van der Waals surface area (Å²) in [5, 5.41) is 3.44. The molecule has 0 amide bonds. The number of fused-ring (bicyclic) bond motifs is 6. The van der Waals surface area contributed by atoms with Crippen molar-refractivity contribution in [3.05, 3.63) is 108 Å². The second kappa shape index (κ2) is 8.80. The highest BCUT2D eigenvalue weighted by Gasteiger charge is 2.20. The van der Waals surface area contributed by atoms with Gasteiger partial charge in [0, 0.05) is 40.7 Å². The Morgan fingerprint density at radius 3 is 2.34 bits per heavy atom. The lowest BCUT2D eigenvalue weighted by molar-refractivity contribution is -0.669. The highest BCUT2D eigenvalue weighted by Crippen LogP contribution is 2.37. The zero-order valence-electron chi connectivity index (χ0n) is 19.9. The molecule has 1 aliphatic rings. The van der Waals surface area contributed by atoms with Gasteiger partial charge in [-0.2, -0.15) is 4.57 Å². The average Bonchev–Trinajstić information content (AvgIpc) is 3.57. The van der Waals surface area contributed by atoms with E-state index in [1.54, 1.807) is 12.5 Å². The Bertz CT molecular complexity index is 1680. The Labute approximate surface area is 204 Å². The van der Waals surface area contributed by atoms with Crippen molar-refractivity contribution in [2.75, 3.05) is 11.4 Å². The Morgan fingerprint density at radius 2 is 1.51 bits per heavy atom. The summed E-state index contributed by atoms with van der Waals surface area (Å²) in [5.41, 5.74) is 7.62. The van der Waals surface area contributed by atoms with Gasteiger partial charge in [-0.15, -0.1) is 0 Å². The number of nitrogens with zero attached hydrogens (tertiary/aromatic N) is 2. The summed E-state index contributed by atoms with van der Waals surface area (Å²) >= 11 is 0. The first kappa shape index (κ1) is 21.2. The van der Waals surface area contributed by atoms with Crippen LogP contribution < -0.4 is 9.47 Å². The summed E-state index contributed by atoms with van der Waals surface area (Å²) in [4.78, 5) is 2.30. The fourth-order valence-corrected chi connectivity index (χ4v) is 5.02. The van der Waals surface area contributed by atoms with Crippen molar-refractivity contribution in [1.82, 2.24) is 0 Å². The van der Waals surface area contributed by atoms with Crippen LogP contribution in [0.25, 0.3) is 45.0 Å².